The van der Waals surface area contributed by atoms with Crippen molar-refractivity contribution >= 4 is 33.6 Å². The molecule has 0 aliphatic rings. The maximum atomic E-state index is 13.1. The largest absolute Gasteiger partial charge is 0.472 e. The van der Waals surface area contributed by atoms with Crippen molar-refractivity contribution in [2.45, 2.75) is 424 Å². The Morgan fingerprint density at radius 1 is 0.224 bits per heavy atom. The number of aliphatic hydroxyl groups excluding tert-OH is 2. The van der Waals surface area contributed by atoms with E-state index in [-0.39, 0.29) is 19.3 Å². The van der Waals surface area contributed by atoms with Crippen LogP contribution in [0.15, 0.2) is 194 Å². The third-order valence-corrected chi connectivity index (χ3v) is 22.7. The predicted octanol–water partition coefficient (Wildman–Crippen LogP) is 31.3. The Labute approximate surface area is 763 Å². The normalized spacial score (nSPS) is 14.5. The lowest BCUT2D eigenvalue weighted by molar-refractivity contribution is -0.161. The van der Waals surface area contributed by atoms with Gasteiger partial charge in [-0.25, -0.2) is 9.13 Å². The number of hydrogen-bond acceptors (Lipinski definition) is 14. The summed E-state index contributed by atoms with van der Waals surface area (Å²) in [5, 5.41) is 20.8. The van der Waals surface area contributed by atoms with Crippen LogP contribution in [0.25, 0.3) is 0 Å². The van der Waals surface area contributed by atoms with E-state index in [1.807, 2.05) is 0 Å². The number of esters is 3. The fraction of sp³-hybridized carbons (Fsp3) is 0.673. The molecule has 0 saturated heterocycles. The molecule has 18 heteroatoms. The second kappa shape index (κ2) is 97.4. The summed E-state index contributed by atoms with van der Waals surface area (Å²) in [6.45, 7) is 2.38. The maximum absolute atomic E-state index is 13.1. The number of carbonyl (C=O) groups is 3. The van der Waals surface area contributed by atoms with E-state index < -0.39 is 91.5 Å². The molecular formula is C107H180O16P2. The van der Waals surface area contributed by atoms with Crippen molar-refractivity contribution in [3.05, 3.63) is 194 Å². The van der Waals surface area contributed by atoms with Crippen LogP contribution in [0.3, 0.4) is 0 Å². The molecule has 0 aliphatic heterocycles. The fourth-order valence-electron chi connectivity index (χ4n) is 13.4. The van der Waals surface area contributed by atoms with Crippen molar-refractivity contribution in [2.75, 3.05) is 39.6 Å². The number of rotatable bonds is 93. The molecule has 4 N–H and O–H groups in total. The van der Waals surface area contributed by atoms with Gasteiger partial charge in [-0.15, -0.1) is 0 Å². The Bertz CT molecular complexity index is 3050. The fourth-order valence-corrected chi connectivity index (χ4v) is 15.0. The van der Waals surface area contributed by atoms with E-state index in [9.17, 15) is 43.5 Å². The summed E-state index contributed by atoms with van der Waals surface area (Å²) in [6, 6.07) is 0. The van der Waals surface area contributed by atoms with Gasteiger partial charge in [0, 0.05) is 19.3 Å². The Morgan fingerprint density at radius 2 is 0.400 bits per heavy atom. The summed E-state index contributed by atoms with van der Waals surface area (Å²) in [5.41, 5.74) is 0. The van der Waals surface area contributed by atoms with Gasteiger partial charge in [-0.05, 0) is 161 Å². The summed E-state index contributed by atoms with van der Waals surface area (Å²) in [4.78, 5) is 59.2. The smallest absolute Gasteiger partial charge is 0.463 e. The average molecular weight is 1780 g/mol. The monoisotopic (exact) mass is 1780 g/mol. The van der Waals surface area contributed by atoms with E-state index in [2.05, 4.69) is 215 Å². The zero-order valence-corrected chi connectivity index (χ0v) is 80.7. The molecule has 0 spiro atoms. The van der Waals surface area contributed by atoms with Crippen LogP contribution in [0.5, 0.6) is 0 Å². The number of carbonyl (C=O) groups excluding carboxylic acids is 3. The lowest BCUT2D eigenvalue weighted by atomic mass is 10.0. The van der Waals surface area contributed by atoms with E-state index in [0.717, 1.165) is 193 Å². The molecule has 714 valence electrons. The van der Waals surface area contributed by atoms with Crippen molar-refractivity contribution in [1.82, 2.24) is 0 Å². The van der Waals surface area contributed by atoms with Crippen molar-refractivity contribution in [2.24, 2.45) is 0 Å². The maximum Gasteiger partial charge on any atom is 0.472 e. The standard InChI is InChI=1S/C107H180O16P2/c1-4-7-10-13-16-19-22-25-28-31-34-37-40-43-45-47-48-49-50-51-52-54-56-58-60-63-66-69-72-75-78-81-84-87-90-93-105(110)117-96-102(108)97-119-124(113,114)120-98-103(109)99-121-125(115,116)122-101-104(123-107(112)95-92-89-86-83-80-77-74-71-68-65-62-57-42-39-36-33-30-27-24-21-18-15-12-9-6-3)100-118-106(111)94-91-88-85-82-79-76-73-70-67-64-61-59-55-53-46-44-41-38-35-32-29-26-23-20-17-14-11-8-5-2/h7-12,16-21,25-30,34-39,43-46,57,62,68,71,102-104,108-109H,4-6,13-15,22-24,31-33,40-42,47-56,58-61,63-67,69-70,72-101H2,1-3H3,(H,113,114)(H,115,116)/b10-7-,11-8-,12-9-,19-16-,20-17-,21-18-,28-25-,29-26-,30-27-,37-34-,38-35-,39-36-,45-43-,46-44-,62-57-,71-68-. The highest BCUT2D eigenvalue weighted by molar-refractivity contribution is 7.47. The van der Waals surface area contributed by atoms with Gasteiger partial charge in [-0.1, -0.05) is 421 Å². The minimum absolute atomic E-state index is 0.0817. The molecule has 0 heterocycles. The van der Waals surface area contributed by atoms with Gasteiger partial charge in [0.05, 0.1) is 26.4 Å². The number of phosphoric acid groups is 2. The van der Waals surface area contributed by atoms with Crippen LogP contribution in [0.1, 0.15) is 406 Å². The van der Waals surface area contributed by atoms with E-state index >= 15 is 0 Å². The summed E-state index contributed by atoms with van der Waals surface area (Å²) in [5.74, 6) is -1.59. The van der Waals surface area contributed by atoms with Gasteiger partial charge in [0.25, 0.3) is 0 Å². The lowest BCUT2D eigenvalue weighted by Crippen LogP contribution is -2.30. The summed E-state index contributed by atoms with van der Waals surface area (Å²) in [6.07, 6.45) is 131. The number of allylic oxidation sites excluding steroid dienone is 32. The molecule has 0 rings (SSSR count). The van der Waals surface area contributed by atoms with Gasteiger partial charge in [0.15, 0.2) is 6.10 Å². The molecule has 0 saturated carbocycles. The summed E-state index contributed by atoms with van der Waals surface area (Å²) in [7, 11) is -9.83. The van der Waals surface area contributed by atoms with Crippen molar-refractivity contribution in [3.63, 3.8) is 0 Å². The number of aliphatic hydroxyl groups is 2. The van der Waals surface area contributed by atoms with Crippen LogP contribution in [0.2, 0.25) is 0 Å². The molecule has 0 fully saturated rings. The zero-order chi connectivity index (χ0) is 90.7. The topological polar surface area (TPSA) is 231 Å². The van der Waals surface area contributed by atoms with Crippen molar-refractivity contribution in [1.29, 1.82) is 0 Å². The van der Waals surface area contributed by atoms with Crippen LogP contribution >= 0.6 is 15.6 Å². The lowest BCUT2D eigenvalue weighted by Gasteiger charge is -2.21. The first-order valence-electron chi connectivity index (χ1n) is 49.7. The van der Waals surface area contributed by atoms with Crippen LogP contribution in [0, 0.1) is 0 Å². The highest BCUT2D eigenvalue weighted by atomic mass is 31.2. The molecular weight excluding hydrogens is 1600 g/mol. The Kier molecular flexibility index (Phi) is 93.1. The minimum atomic E-state index is -4.95. The van der Waals surface area contributed by atoms with Crippen LogP contribution < -0.4 is 0 Å². The highest BCUT2D eigenvalue weighted by Gasteiger charge is 2.30. The second-order valence-corrected chi connectivity index (χ2v) is 35.7. The first kappa shape index (κ1) is 119. The minimum Gasteiger partial charge on any atom is -0.463 e. The van der Waals surface area contributed by atoms with Gasteiger partial charge in [0.1, 0.15) is 25.4 Å². The van der Waals surface area contributed by atoms with E-state index in [1.54, 1.807) is 0 Å². The number of unbranched alkanes of at least 4 members (excludes halogenated alkanes) is 38. The molecule has 0 radical (unpaired) electrons. The molecule has 125 heavy (non-hydrogen) atoms. The van der Waals surface area contributed by atoms with E-state index in [1.165, 1.54) is 154 Å². The van der Waals surface area contributed by atoms with Crippen molar-refractivity contribution in [3.8, 4) is 0 Å². The van der Waals surface area contributed by atoms with Gasteiger partial charge in [-0.3, -0.25) is 32.5 Å². The zero-order valence-electron chi connectivity index (χ0n) is 79.0. The number of ether oxygens (including phenoxy) is 3. The second-order valence-electron chi connectivity index (χ2n) is 32.8. The van der Waals surface area contributed by atoms with Crippen LogP contribution in [-0.4, -0.2) is 95.9 Å². The Balaban J connectivity index is 4.59. The molecule has 0 amide bonds. The number of phosphoric ester groups is 2. The average Bonchev–Trinajstić information content (AvgIpc) is 0.900. The molecule has 0 aromatic heterocycles. The van der Waals surface area contributed by atoms with E-state index in [0.29, 0.717) is 19.3 Å². The molecule has 16 nitrogen and oxygen atoms in total. The van der Waals surface area contributed by atoms with Crippen LogP contribution in [0.4, 0.5) is 0 Å². The molecule has 0 aromatic carbocycles. The van der Waals surface area contributed by atoms with E-state index in [4.69, 9.17) is 32.3 Å². The molecule has 0 aliphatic carbocycles. The first-order chi connectivity index (χ1) is 61.2. The third kappa shape index (κ3) is 98.8. The summed E-state index contributed by atoms with van der Waals surface area (Å²) >= 11 is 0. The molecule has 0 aromatic rings. The van der Waals surface area contributed by atoms with Crippen LogP contribution in [-0.2, 0) is 55.8 Å². The quantitative estimate of drug-likeness (QED) is 0.0146. The number of hydrogen-bond donors (Lipinski definition) is 4. The highest BCUT2D eigenvalue weighted by Crippen LogP contribution is 2.45. The molecule has 0 bridgehead atoms. The molecule has 5 unspecified atom stereocenters. The van der Waals surface area contributed by atoms with Gasteiger partial charge in [0.2, 0.25) is 0 Å². The van der Waals surface area contributed by atoms with Gasteiger partial charge in [-0.2, -0.15) is 0 Å². The predicted molar refractivity (Wildman–Crippen MR) is 528 cm³/mol. The SMILES string of the molecule is CC/C=C\C/C=C\C/C=C\C/C=C\C/C=C\C/C=C\CCCCCCCCC(=O)OC(COC(=O)CCCCCCCCCCCCCCC/C=C\C/C=C\C/C=C\C/C=C\C/C=C\CC)COP(=O)(O)OCC(O)COP(=O)(O)OCC(O)COC(=O)CCCCCCCCCCCCCCCCCCCCC/C=C\C/C=C\C/C=C\C/C=C\C/C=C\CC. The third-order valence-electron chi connectivity index (χ3n) is 20.8. The molecule has 5 atom stereocenters. The van der Waals surface area contributed by atoms with Crippen molar-refractivity contribution < 1.29 is 75.8 Å². The Hall–Kier alpha value is -5.61. The first-order valence-corrected chi connectivity index (χ1v) is 52.7. The van der Waals surface area contributed by atoms with Gasteiger partial charge >= 0.3 is 33.6 Å². The summed E-state index contributed by atoms with van der Waals surface area (Å²) < 4.78 is 61.6. The Morgan fingerprint density at radius 3 is 0.632 bits per heavy atom. The van der Waals surface area contributed by atoms with Gasteiger partial charge < -0.3 is 34.2 Å².